The first-order chi connectivity index (χ1) is 8.38. The van der Waals surface area contributed by atoms with Gasteiger partial charge in [0.1, 0.15) is 0 Å². The molecule has 0 aliphatic rings. The Labute approximate surface area is 108 Å². The summed E-state index contributed by atoms with van der Waals surface area (Å²) in [6.07, 6.45) is -0.629. The van der Waals surface area contributed by atoms with Gasteiger partial charge in [-0.05, 0) is 26.3 Å². The third-order valence-electron chi connectivity index (χ3n) is 3.24. The van der Waals surface area contributed by atoms with Gasteiger partial charge in [0.15, 0.2) is 0 Å². The smallest absolute Gasteiger partial charge is 0.229 e. The van der Waals surface area contributed by atoms with Gasteiger partial charge in [-0.25, -0.2) is 0 Å². The van der Waals surface area contributed by atoms with Crippen LogP contribution < -0.4 is 11.1 Å². The summed E-state index contributed by atoms with van der Waals surface area (Å²) >= 11 is 0. The molecule has 0 fully saturated rings. The van der Waals surface area contributed by atoms with Crippen LogP contribution in [0.3, 0.4) is 0 Å². The van der Waals surface area contributed by atoms with Crippen LogP contribution in [0, 0.1) is 0 Å². The molecule has 18 heavy (non-hydrogen) atoms. The van der Waals surface area contributed by atoms with Crippen LogP contribution in [0.4, 0.5) is 0 Å². The third-order valence-corrected chi connectivity index (χ3v) is 3.24. The number of hydrogen-bond donors (Lipinski definition) is 3. The van der Waals surface area contributed by atoms with Gasteiger partial charge in [-0.1, -0.05) is 30.3 Å². The molecular weight excluding hydrogens is 228 g/mol. The molecule has 1 rings (SSSR count). The molecule has 4 N–H and O–H groups in total. The normalized spacial score (nSPS) is 14.9. The average molecular weight is 250 g/mol. The van der Waals surface area contributed by atoms with E-state index in [1.807, 2.05) is 30.3 Å². The minimum atomic E-state index is -0.667. The van der Waals surface area contributed by atoms with E-state index < -0.39 is 11.6 Å². The van der Waals surface area contributed by atoms with Gasteiger partial charge < -0.3 is 16.2 Å². The lowest BCUT2D eigenvalue weighted by Crippen LogP contribution is -2.53. The molecule has 2 unspecified atom stereocenters. The molecule has 4 heteroatoms. The van der Waals surface area contributed by atoms with Crippen molar-refractivity contribution in [3.63, 3.8) is 0 Å². The molecule has 0 aliphatic carbocycles. The minimum Gasteiger partial charge on any atom is -0.391 e. The largest absolute Gasteiger partial charge is 0.391 e. The molecule has 0 aliphatic heterocycles. The first-order valence-electron chi connectivity index (χ1n) is 6.13. The third kappa shape index (κ3) is 3.55. The summed E-state index contributed by atoms with van der Waals surface area (Å²) in [5.41, 5.74) is 5.90. The van der Waals surface area contributed by atoms with E-state index in [2.05, 4.69) is 5.32 Å². The summed E-state index contributed by atoms with van der Waals surface area (Å²) < 4.78 is 0. The van der Waals surface area contributed by atoms with Crippen molar-refractivity contribution in [2.24, 2.45) is 5.73 Å². The summed E-state index contributed by atoms with van der Waals surface area (Å²) in [6, 6.07) is 9.42. The molecule has 0 spiro atoms. The van der Waals surface area contributed by atoms with E-state index in [1.165, 1.54) is 0 Å². The quantitative estimate of drug-likeness (QED) is 0.730. The first kappa shape index (κ1) is 14.7. The highest BCUT2D eigenvalue weighted by Gasteiger charge is 2.29. The lowest BCUT2D eigenvalue weighted by molar-refractivity contribution is -0.125. The summed E-state index contributed by atoms with van der Waals surface area (Å²) in [4.78, 5) is 12.2. The van der Waals surface area contributed by atoms with Crippen molar-refractivity contribution >= 4 is 5.91 Å². The topological polar surface area (TPSA) is 75.3 Å². The molecule has 0 saturated heterocycles. The van der Waals surface area contributed by atoms with Crippen molar-refractivity contribution in [1.82, 2.24) is 5.32 Å². The van der Waals surface area contributed by atoms with Crippen molar-refractivity contribution in [2.45, 2.75) is 38.3 Å². The number of carbonyl (C=O) groups excluding carboxylic acids is 1. The summed E-state index contributed by atoms with van der Waals surface area (Å²) in [6.45, 7) is 5.47. The fraction of sp³-hybridized carbons (Fsp3) is 0.500. The molecular formula is C14H22N2O2. The first-order valence-corrected chi connectivity index (χ1v) is 6.13. The van der Waals surface area contributed by atoms with Crippen LogP contribution in [0.25, 0.3) is 0 Å². The highest BCUT2D eigenvalue weighted by atomic mass is 16.3. The number of carbonyl (C=O) groups is 1. The van der Waals surface area contributed by atoms with Crippen molar-refractivity contribution < 1.29 is 9.90 Å². The van der Waals surface area contributed by atoms with Crippen LogP contribution in [-0.2, 0) is 4.79 Å². The number of hydrogen-bond acceptors (Lipinski definition) is 3. The van der Waals surface area contributed by atoms with E-state index in [-0.39, 0.29) is 18.4 Å². The van der Waals surface area contributed by atoms with E-state index in [0.717, 1.165) is 5.56 Å². The Kier molecular flexibility index (Phi) is 4.87. The van der Waals surface area contributed by atoms with E-state index in [4.69, 9.17) is 5.73 Å². The SMILES string of the molecule is CC(O)C(C)(C)NC(=O)C(CN)c1ccccc1. The van der Waals surface area contributed by atoms with Crippen molar-refractivity contribution in [2.75, 3.05) is 6.54 Å². The van der Waals surface area contributed by atoms with Gasteiger partial charge in [0.2, 0.25) is 5.91 Å². The molecule has 100 valence electrons. The fourth-order valence-electron chi connectivity index (χ4n) is 1.59. The summed E-state index contributed by atoms with van der Waals surface area (Å²) in [7, 11) is 0. The van der Waals surface area contributed by atoms with Gasteiger partial charge in [0.25, 0.3) is 0 Å². The predicted octanol–water partition coefficient (Wildman–Crippen LogP) is 1.00. The zero-order chi connectivity index (χ0) is 13.8. The second-order valence-electron chi connectivity index (χ2n) is 5.09. The van der Waals surface area contributed by atoms with Crippen molar-refractivity contribution in [3.8, 4) is 0 Å². The second-order valence-corrected chi connectivity index (χ2v) is 5.09. The second kappa shape index (κ2) is 5.98. The minimum absolute atomic E-state index is 0.158. The van der Waals surface area contributed by atoms with E-state index in [1.54, 1.807) is 20.8 Å². The maximum Gasteiger partial charge on any atom is 0.229 e. The van der Waals surface area contributed by atoms with Gasteiger partial charge in [0, 0.05) is 6.54 Å². The molecule has 1 aromatic carbocycles. The van der Waals surface area contributed by atoms with Crippen LogP contribution in [-0.4, -0.2) is 29.2 Å². The van der Waals surface area contributed by atoms with E-state index in [9.17, 15) is 9.90 Å². The molecule has 0 heterocycles. The van der Waals surface area contributed by atoms with Crippen molar-refractivity contribution in [3.05, 3.63) is 35.9 Å². The Bertz CT molecular complexity index is 388. The lowest BCUT2D eigenvalue weighted by Gasteiger charge is -2.31. The molecule has 0 aromatic heterocycles. The highest BCUT2D eigenvalue weighted by Crippen LogP contribution is 2.17. The van der Waals surface area contributed by atoms with E-state index in [0.29, 0.717) is 0 Å². The Morgan fingerprint density at radius 3 is 2.39 bits per heavy atom. The Hall–Kier alpha value is -1.39. The van der Waals surface area contributed by atoms with Gasteiger partial charge in [-0.2, -0.15) is 0 Å². The molecule has 1 amide bonds. The van der Waals surface area contributed by atoms with Gasteiger partial charge in [-0.3, -0.25) is 4.79 Å². The highest BCUT2D eigenvalue weighted by molar-refractivity contribution is 5.84. The Balaban J connectivity index is 2.82. The van der Waals surface area contributed by atoms with Crippen LogP contribution in [0.15, 0.2) is 30.3 Å². The van der Waals surface area contributed by atoms with Crippen molar-refractivity contribution in [1.29, 1.82) is 0 Å². The summed E-state index contributed by atoms with van der Waals surface area (Å²) in [5.74, 6) is -0.543. The van der Waals surface area contributed by atoms with Gasteiger partial charge in [0.05, 0.1) is 17.6 Å². The number of rotatable bonds is 5. The van der Waals surface area contributed by atoms with Gasteiger partial charge >= 0.3 is 0 Å². The Morgan fingerprint density at radius 1 is 1.39 bits per heavy atom. The Morgan fingerprint density at radius 2 is 1.94 bits per heavy atom. The van der Waals surface area contributed by atoms with Crippen LogP contribution in [0.5, 0.6) is 0 Å². The zero-order valence-corrected chi connectivity index (χ0v) is 11.2. The van der Waals surface area contributed by atoms with Crippen LogP contribution >= 0.6 is 0 Å². The lowest BCUT2D eigenvalue weighted by atomic mass is 9.94. The average Bonchev–Trinajstić information content (AvgIpc) is 2.30. The number of benzene rings is 1. The fourth-order valence-corrected chi connectivity index (χ4v) is 1.59. The standard InChI is InChI=1S/C14H22N2O2/c1-10(17)14(2,3)16-13(18)12(9-15)11-7-5-4-6-8-11/h4-8,10,12,17H,9,15H2,1-3H3,(H,16,18). The molecule has 2 atom stereocenters. The predicted molar refractivity (Wildman–Crippen MR) is 72.1 cm³/mol. The monoisotopic (exact) mass is 250 g/mol. The maximum absolute atomic E-state index is 12.2. The zero-order valence-electron chi connectivity index (χ0n) is 11.2. The summed E-state index contributed by atoms with van der Waals surface area (Å²) in [5, 5.41) is 12.4. The number of amides is 1. The van der Waals surface area contributed by atoms with Crippen LogP contribution in [0.2, 0.25) is 0 Å². The number of aliphatic hydroxyl groups is 1. The molecule has 0 radical (unpaired) electrons. The number of nitrogens with two attached hydrogens (primary N) is 1. The maximum atomic E-state index is 12.2. The van der Waals surface area contributed by atoms with E-state index >= 15 is 0 Å². The van der Waals surface area contributed by atoms with Gasteiger partial charge in [-0.15, -0.1) is 0 Å². The molecule has 4 nitrogen and oxygen atoms in total. The molecule has 0 bridgehead atoms. The van der Waals surface area contributed by atoms with Crippen LogP contribution in [0.1, 0.15) is 32.3 Å². The molecule has 0 saturated carbocycles. The number of aliphatic hydroxyl groups excluding tert-OH is 1. The molecule has 1 aromatic rings. The number of nitrogens with one attached hydrogen (secondary N) is 1.